The fourth-order valence-electron chi connectivity index (χ4n) is 6.13. The smallest absolute Gasteiger partial charge is 0.271 e. The second kappa shape index (κ2) is 7.87. The van der Waals surface area contributed by atoms with E-state index < -0.39 is 50.3 Å². The molecule has 4 aliphatic rings. The second-order valence-corrected chi connectivity index (χ2v) is 10.7. The third-order valence-electron chi connectivity index (χ3n) is 7.71. The van der Waals surface area contributed by atoms with E-state index in [1.54, 1.807) is 0 Å². The minimum absolute atomic E-state index is 0.171. The van der Waals surface area contributed by atoms with Gasteiger partial charge in [0.25, 0.3) is 5.69 Å². The highest BCUT2D eigenvalue weighted by atomic mass is 35.5. The predicted octanol–water partition coefficient (Wildman–Crippen LogP) is 4.52. The molecule has 0 radical (unpaired) electrons. The minimum Gasteiger partial charge on any atom is -0.324 e. The highest BCUT2D eigenvalue weighted by molar-refractivity contribution is 6.36. The molecule has 1 fully saturated rings. The monoisotopic (exact) mass is 535 g/mol. The van der Waals surface area contributed by atoms with Crippen LogP contribution in [0.2, 0.25) is 0 Å². The summed E-state index contributed by atoms with van der Waals surface area (Å²) >= 11 is 14.8. The Hall–Kier alpha value is -3.75. The summed E-state index contributed by atoms with van der Waals surface area (Å²) in [6.45, 7) is 1.43. The van der Waals surface area contributed by atoms with Crippen LogP contribution in [0.5, 0.6) is 0 Å². The van der Waals surface area contributed by atoms with E-state index in [4.69, 9.17) is 23.2 Å². The van der Waals surface area contributed by atoms with Gasteiger partial charge in [-0.1, -0.05) is 54.6 Å². The fraction of sp³-hybridized carbons (Fsp3) is 0.222. The van der Waals surface area contributed by atoms with E-state index in [1.165, 1.54) is 31.2 Å². The number of nitro benzene ring substituents is 1. The predicted molar refractivity (Wildman–Crippen MR) is 136 cm³/mol. The molecular formula is C27H19Cl2N3O5. The summed E-state index contributed by atoms with van der Waals surface area (Å²) < 4.78 is 0. The highest BCUT2D eigenvalue weighted by Crippen LogP contribution is 2.69. The maximum atomic E-state index is 13.9. The van der Waals surface area contributed by atoms with Crippen molar-refractivity contribution in [3.63, 3.8) is 0 Å². The molecule has 10 heteroatoms. The van der Waals surface area contributed by atoms with Crippen molar-refractivity contribution in [1.29, 1.82) is 0 Å². The number of nitro groups is 1. The Kier molecular flexibility index (Phi) is 5.03. The zero-order valence-corrected chi connectivity index (χ0v) is 20.9. The number of hydrogen-bond donors (Lipinski definition) is 1. The van der Waals surface area contributed by atoms with Gasteiger partial charge < -0.3 is 5.32 Å². The van der Waals surface area contributed by atoms with E-state index in [1.807, 2.05) is 48.5 Å². The Labute approximate surface area is 221 Å². The molecule has 37 heavy (non-hydrogen) atoms. The Morgan fingerprint density at radius 2 is 1.35 bits per heavy atom. The van der Waals surface area contributed by atoms with Crippen molar-refractivity contribution in [2.45, 2.75) is 22.7 Å². The van der Waals surface area contributed by atoms with Crippen LogP contribution in [0.3, 0.4) is 0 Å². The molecule has 7 rings (SSSR count). The van der Waals surface area contributed by atoms with Gasteiger partial charge in [-0.25, -0.2) is 0 Å². The molecule has 1 heterocycles. The van der Waals surface area contributed by atoms with Gasteiger partial charge in [-0.3, -0.25) is 29.4 Å². The first-order chi connectivity index (χ1) is 17.6. The molecule has 2 bridgehead atoms. The number of rotatable bonds is 4. The molecule has 3 aromatic carbocycles. The third-order valence-corrected chi connectivity index (χ3v) is 9.00. The van der Waals surface area contributed by atoms with Gasteiger partial charge in [-0.2, -0.15) is 0 Å². The largest absolute Gasteiger partial charge is 0.324 e. The molecule has 0 unspecified atom stereocenters. The van der Waals surface area contributed by atoms with Gasteiger partial charge in [0.2, 0.25) is 17.7 Å². The number of amides is 3. The number of carbonyl (C=O) groups is 3. The van der Waals surface area contributed by atoms with E-state index in [0.29, 0.717) is 22.3 Å². The lowest BCUT2D eigenvalue weighted by molar-refractivity contribution is -0.384. The summed E-state index contributed by atoms with van der Waals surface area (Å²) in [6, 6.07) is 18.8. The van der Waals surface area contributed by atoms with Crippen LogP contribution in [-0.2, 0) is 24.1 Å². The fourth-order valence-corrected chi connectivity index (χ4v) is 7.23. The highest BCUT2D eigenvalue weighted by Gasteiger charge is 2.73. The Morgan fingerprint density at radius 1 is 0.892 bits per heavy atom. The lowest BCUT2D eigenvalue weighted by Crippen LogP contribution is -2.57. The number of imide groups is 1. The maximum absolute atomic E-state index is 13.9. The van der Waals surface area contributed by atoms with Crippen LogP contribution in [0.25, 0.3) is 0 Å². The quantitative estimate of drug-likeness (QED) is 0.228. The Bertz CT molecular complexity index is 1420. The van der Waals surface area contributed by atoms with Crippen molar-refractivity contribution >= 4 is 52.3 Å². The van der Waals surface area contributed by atoms with Crippen molar-refractivity contribution in [2.75, 3.05) is 5.32 Å². The van der Waals surface area contributed by atoms with Crippen LogP contribution in [0.1, 0.15) is 29.2 Å². The number of likely N-dealkylation sites (tertiary alicyclic amines) is 1. The van der Waals surface area contributed by atoms with Crippen LogP contribution < -0.4 is 5.32 Å². The Morgan fingerprint density at radius 3 is 1.78 bits per heavy atom. The number of benzene rings is 3. The molecule has 1 saturated heterocycles. The summed E-state index contributed by atoms with van der Waals surface area (Å²) in [5.74, 6) is -3.87. The number of nitrogens with zero attached hydrogens (tertiary/aromatic N) is 2. The lowest BCUT2D eigenvalue weighted by Gasteiger charge is -2.54. The summed E-state index contributed by atoms with van der Waals surface area (Å²) in [5, 5.41) is 13.7. The van der Waals surface area contributed by atoms with E-state index in [0.717, 1.165) is 4.90 Å². The molecule has 186 valence electrons. The topological polar surface area (TPSA) is 110 Å². The van der Waals surface area contributed by atoms with Crippen LogP contribution in [0.15, 0.2) is 72.8 Å². The van der Waals surface area contributed by atoms with E-state index in [-0.39, 0.29) is 11.4 Å². The van der Waals surface area contributed by atoms with Crippen molar-refractivity contribution < 1.29 is 19.3 Å². The molecule has 1 N–H and O–H groups in total. The summed E-state index contributed by atoms with van der Waals surface area (Å²) in [4.78, 5) is 49.8. The van der Waals surface area contributed by atoms with E-state index in [2.05, 4.69) is 5.32 Å². The average Bonchev–Trinajstić information content (AvgIpc) is 3.17. The number of anilines is 1. The number of nitrogens with one attached hydrogen (secondary N) is 1. The first-order valence-corrected chi connectivity index (χ1v) is 12.4. The zero-order valence-electron chi connectivity index (χ0n) is 19.4. The molecule has 0 aromatic heterocycles. The maximum Gasteiger partial charge on any atom is 0.271 e. The average molecular weight is 536 g/mol. The molecule has 8 nitrogen and oxygen atoms in total. The van der Waals surface area contributed by atoms with Gasteiger partial charge in [0.05, 0.1) is 16.8 Å². The molecule has 3 amide bonds. The van der Waals surface area contributed by atoms with Gasteiger partial charge in [0.1, 0.15) is 15.8 Å². The zero-order chi connectivity index (χ0) is 26.3. The number of alkyl halides is 2. The van der Waals surface area contributed by atoms with Gasteiger partial charge in [0.15, 0.2) is 0 Å². The number of hydrogen-bond acceptors (Lipinski definition) is 5. The Balaban J connectivity index is 1.42. The van der Waals surface area contributed by atoms with Crippen LogP contribution in [0.4, 0.5) is 11.4 Å². The SMILES string of the molecule is C[C@H](C(=O)Nc1cccc([N+](=O)[O-])c1)N1C(=O)[C@H]2[C@H](C1=O)C1(Cl)c3ccccc3C2(Cl)c2ccccc21. The normalized spacial score (nSPS) is 27.8. The summed E-state index contributed by atoms with van der Waals surface area (Å²) in [5.41, 5.74) is 2.65. The van der Waals surface area contributed by atoms with E-state index in [9.17, 15) is 24.5 Å². The van der Waals surface area contributed by atoms with Crippen molar-refractivity contribution in [3.05, 3.63) is 105 Å². The molecule has 3 aromatic rings. The second-order valence-electron chi connectivity index (χ2n) is 9.49. The van der Waals surface area contributed by atoms with Crippen molar-refractivity contribution in [3.8, 4) is 0 Å². The van der Waals surface area contributed by atoms with Crippen LogP contribution in [0, 0.1) is 22.0 Å². The molecular weight excluding hydrogens is 517 g/mol. The molecule has 0 saturated carbocycles. The number of halogens is 2. The molecule has 3 aliphatic carbocycles. The van der Waals surface area contributed by atoms with Crippen LogP contribution >= 0.6 is 23.2 Å². The number of carbonyl (C=O) groups excluding carboxylic acids is 3. The molecule has 3 atom stereocenters. The lowest BCUT2D eigenvalue weighted by atomic mass is 9.54. The number of non-ortho nitro benzene ring substituents is 1. The first-order valence-electron chi connectivity index (χ1n) is 11.6. The summed E-state index contributed by atoms with van der Waals surface area (Å²) in [7, 11) is 0. The van der Waals surface area contributed by atoms with Crippen molar-refractivity contribution in [2.24, 2.45) is 11.8 Å². The minimum atomic E-state index is -1.34. The third kappa shape index (κ3) is 2.94. The summed E-state index contributed by atoms with van der Waals surface area (Å²) in [6.07, 6.45) is 0. The van der Waals surface area contributed by atoms with Gasteiger partial charge >= 0.3 is 0 Å². The first kappa shape index (κ1) is 23.6. The van der Waals surface area contributed by atoms with Crippen molar-refractivity contribution in [1.82, 2.24) is 4.90 Å². The van der Waals surface area contributed by atoms with Gasteiger partial charge in [-0.15, -0.1) is 23.2 Å². The van der Waals surface area contributed by atoms with E-state index >= 15 is 0 Å². The van der Waals surface area contributed by atoms with Gasteiger partial charge in [0, 0.05) is 17.8 Å². The van der Waals surface area contributed by atoms with Gasteiger partial charge in [-0.05, 0) is 35.2 Å². The molecule has 0 spiro atoms. The standard InChI is InChI=1S/C27H19Cl2N3O5/c1-14(23(33)30-15-7-6-8-16(13-15)32(36)37)31-24(34)21-22(25(31)35)27(29)18-10-3-2-9-17(18)26(21,28)19-11-4-5-12-20(19)27/h2-14,21-22H,1H3,(H,30,33)/t14-,21-,22-,26?,27?/m1/s1. The molecule has 1 aliphatic heterocycles. The van der Waals surface area contributed by atoms with Crippen LogP contribution in [-0.4, -0.2) is 33.6 Å².